The fourth-order valence-corrected chi connectivity index (χ4v) is 2.69. The molecular weight excluding hydrogens is 228 g/mol. The molecule has 1 heterocycles. The third-order valence-corrected chi connectivity index (χ3v) is 3.63. The summed E-state index contributed by atoms with van der Waals surface area (Å²) in [5, 5.41) is 3.05. The average molecular weight is 250 g/mol. The lowest BCUT2D eigenvalue weighted by atomic mass is 9.75. The van der Waals surface area contributed by atoms with Crippen LogP contribution in [0.4, 0.5) is 0 Å². The van der Waals surface area contributed by atoms with Crippen LogP contribution in [0.15, 0.2) is 16.5 Å². The Bertz CT molecular complexity index is 423. The number of nitrogens with one attached hydrogen (secondary N) is 1. The van der Waals surface area contributed by atoms with Crippen LogP contribution in [0.5, 0.6) is 0 Å². The third kappa shape index (κ3) is 3.13. The maximum absolute atomic E-state index is 12.0. The molecule has 0 bridgehead atoms. The molecule has 3 N–H and O–H groups in total. The van der Waals surface area contributed by atoms with Crippen LogP contribution in [0.25, 0.3) is 0 Å². The molecule has 0 radical (unpaired) electrons. The van der Waals surface area contributed by atoms with E-state index in [1.54, 1.807) is 12.1 Å². The van der Waals surface area contributed by atoms with Gasteiger partial charge >= 0.3 is 0 Å². The average Bonchev–Trinajstić information content (AvgIpc) is 2.76. The molecule has 1 aliphatic carbocycles. The Kier molecular flexibility index (Phi) is 3.76. The van der Waals surface area contributed by atoms with Gasteiger partial charge in [-0.05, 0) is 36.8 Å². The molecule has 1 aromatic heterocycles. The number of carbonyl (C=O) groups is 1. The van der Waals surface area contributed by atoms with Crippen molar-refractivity contribution < 1.29 is 9.21 Å². The zero-order valence-corrected chi connectivity index (χ0v) is 11.2. The van der Waals surface area contributed by atoms with E-state index in [4.69, 9.17) is 10.2 Å². The van der Waals surface area contributed by atoms with Crippen molar-refractivity contribution in [2.75, 3.05) is 0 Å². The van der Waals surface area contributed by atoms with E-state index in [9.17, 15) is 4.79 Å². The molecule has 0 aromatic carbocycles. The Hall–Kier alpha value is -1.29. The van der Waals surface area contributed by atoms with Gasteiger partial charge in [-0.25, -0.2) is 0 Å². The van der Waals surface area contributed by atoms with Gasteiger partial charge in [0.2, 0.25) is 0 Å². The second-order valence-corrected chi connectivity index (χ2v) is 5.90. The summed E-state index contributed by atoms with van der Waals surface area (Å²) in [5.41, 5.74) is 5.78. The minimum atomic E-state index is -0.127. The molecule has 1 aliphatic rings. The minimum absolute atomic E-state index is 0.127. The topological polar surface area (TPSA) is 68.3 Å². The van der Waals surface area contributed by atoms with Crippen molar-refractivity contribution >= 4 is 5.91 Å². The van der Waals surface area contributed by atoms with Gasteiger partial charge in [0, 0.05) is 6.04 Å². The first-order valence-corrected chi connectivity index (χ1v) is 6.60. The number of rotatable bonds is 3. The summed E-state index contributed by atoms with van der Waals surface area (Å²) in [5.74, 6) is 0.875. The first-order chi connectivity index (χ1) is 8.50. The highest BCUT2D eigenvalue weighted by Gasteiger charge is 2.29. The number of carbonyl (C=O) groups excluding carboxylic acids is 1. The molecule has 0 saturated heterocycles. The van der Waals surface area contributed by atoms with Crippen LogP contribution in [0.1, 0.15) is 55.8 Å². The zero-order valence-electron chi connectivity index (χ0n) is 11.2. The van der Waals surface area contributed by atoms with Crippen molar-refractivity contribution in [2.24, 2.45) is 11.1 Å². The zero-order chi connectivity index (χ0) is 13.2. The van der Waals surface area contributed by atoms with Crippen LogP contribution in [-0.2, 0) is 6.54 Å². The summed E-state index contributed by atoms with van der Waals surface area (Å²) in [4.78, 5) is 12.0. The molecule has 2 rings (SSSR count). The summed E-state index contributed by atoms with van der Waals surface area (Å²) in [6.45, 7) is 4.83. The molecule has 1 unspecified atom stereocenters. The Balaban J connectivity index is 1.94. The lowest BCUT2D eigenvalue weighted by molar-refractivity contribution is 0.0873. The van der Waals surface area contributed by atoms with Crippen LogP contribution in [0.3, 0.4) is 0 Å². The summed E-state index contributed by atoms with van der Waals surface area (Å²) >= 11 is 0. The first kappa shape index (κ1) is 13.1. The lowest BCUT2D eigenvalue weighted by Gasteiger charge is -2.35. The summed E-state index contributed by atoms with van der Waals surface area (Å²) in [6.07, 6.45) is 4.49. The lowest BCUT2D eigenvalue weighted by Crippen LogP contribution is -2.40. The molecule has 1 fully saturated rings. The van der Waals surface area contributed by atoms with Gasteiger partial charge in [0.15, 0.2) is 5.76 Å². The van der Waals surface area contributed by atoms with E-state index < -0.39 is 0 Å². The molecular formula is C14H22N2O2. The molecule has 1 atom stereocenters. The smallest absolute Gasteiger partial charge is 0.287 e. The molecule has 4 nitrogen and oxygen atoms in total. The van der Waals surface area contributed by atoms with E-state index in [1.807, 2.05) is 0 Å². The van der Waals surface area contributed by atoms with Crippen LogP contribution in [0.2, 0.25) is 0 Å². The van der Waals surface area contributed by atoms with E-state index >= 15 is 0 Å². The van der Waals surface area contributed by atoms with Crippen molar-refractivity contribution in [3.8, 4) is 0 Å². The highest BCUT2D eigenvalue weighted by molar-refractivity contribution is 5.91. The van der Waals surface area contributed by atoms with Crippen molar-refractivity contribution in [1.82, 2.24) is 5.32 Å². The quantitative estimate of drug-likeness (QED) is 0.865. The van der Waals surface area contributed by atoms with Gasteiger partial charge in [-0.1, -0.05) is 20.3 Å². The highest BCUT2D eigenvalue weighted by Crippen LogP contribution is 2.35. The Morgan fingerprint density at radius 3 is 2.94 bits per heavy atom. The molecule has 4 heteroatoms. The van der Waals surface area contributed by atoms with E-state index in [0.29, 0.717) is 23.5 Å². The van der Waals surface area contributed by atoms with Crippen molar-refractivity contribution in [3.63, 3.8) is 0 Å². The SMILES string of the molecule is CC1(C)CCCC(NC(=O)c2ccc(CN)o2)C1. The molecule has 1 amide bonds. The van der Waals surface area contributed by atoms with Gasteiger partial charge in [0.05, 0.1) is 6.54 Å². The number of amides is 1. The summed E-state index contributed by atoms with van der Waals surface area (Å²) in [7, 11) is 0. The number of hydrogen-bond acceptors (Lipinski definition) is 3. The Labute approximate surface area is 108 Å². The van der Waals surface area contributed by atoms with E-state index in [0.717, 1.165) is 12.8 Å². The van der Waals surface area contributed by atoms with Crippen molar-refractivity contribution in [3.05, 3.63) is 23.7 Å². The molecule has 100 valence electrons. The van der Waals surface area contributed by atoms with Crippen molar-refractivity contribution in [1.29, 1.82) is 0 Å². The van der Waals surface area contributed by atoms with Crippen LogP contribution >= 0.6 is 0 Å². The molecule has 1 saturated carbocycles. The van der Waals surface area contributed by atoms with Gasteiger partial charge < -0.3 is 15.5 Å². The molecule has 18 heavy (non-hydrogen) atoms. The summed E-state index contributed by atoms with van der Waals surface area (Å²) in [6, 6.07) is 3.69. The summed E-state index contributed by atoms with van der Waals surface area (Å²) < 4.78 is 5.35. The molecule has 0 spiro atoms. The monoisotopic (exact) mass is 250 g/mol. The van der Waals surface area contributed by atoms with E-state index in [2.05, 4.69) is 19.2 Å². The third-order valence-electron chi connectivity index (χ3n) is 3.63. The molecule has 1 aromatic rings. The minimum Gasteiger partial charge on any atom is -0.455 e. The second-order valence-electron chi connectivity index (χ2n) is 5.90. The van der Waals surface area contributed by atoms with Gasteiger partial charge in [-0.2, -0.15) is 0 Å². The van der Waals surface area contributed by atoms with Crippen molar-refractivity contribution in [2.45, 2.75) is 52.1 Å². The van der Waals surface area contributed by atoms with Crippen LogP contribution in [0, 0.1) is 5.41 Å². The normalized spacial score (nSPS) is 22.7. The largest absolute Gasteiger partial charge is 0.455 e. The Morgan fingerprint density at radius 2 is 2.33 bits per heavy atom. The number of nitrogens with two attached hydrogens (primary N) is 1. The predicted octanol–water partition coefficient (Wildman–Crippen LogP) is 2.44. The number of furan rings is 1. The fraction of sp³-hybridized carbons (Fsp3) is 0.643. The van der Waals surface area contributed by atoms with Crippen LogP contribution in [-0.4, -0.2) is 11.9 Å². The Morgan fingerprint density at radius 1 is 1.56 bits per heavy atom. The number of hydrogen-bond donors (Lipinski definition) is 2. The maximum atomic E-state index is 12.0. The van der Waals surface area contributed by atoms with Crippen LogP contribution < -0.4 is 11.1 Å². The van der Waals surface area contributed by atoms with Gasteiger partial charge in [-0.3, -0.25) is 4.79 Å². The van der Waals surface area contributed by atoms with E-state index in [1.165, 1.54) is 12.8 Å². The first-order valence-electron chi connectivity index (χ1n) is 6.60. The fourth-order valence-electron chi connectivity index (χ4n) is 2.69. The van der Waals surface area contributed by atoms with Gasteiger partial charge in [-0.15, -0.1) is 0 Å². The molecule has 0 aliphatic heterocycles. The van der Waals surface area contributed by atoms with E-state index in [-0.39, 0.29) is 11.9 Å². The maximum Gasteiger partial charge on any atom is 0.287 e. The standard InChI is InChI=1S/C14H22N2O2/c1-14(2)7-3-4-10(8-14)16-13(17)12-6-5-11(9-15)18-12/h5-6,10H,3-4,7-9,15H2,1-2H3,(H,16,17). The second kappa shape index (κ2) is 5.14. The van der Waals surface area contributed by atoms with Gasteiger partial charge in [0.1, 0.15) is 5.76 Å². The van der Waals surface area contributed by atoms with Gasteiger partial charge in [0.25, 0.3) is 5.91 Å². The predicted molar refractivity (Wildman–Crippen MR) is 70.1 cm³/mol. The highest BCUT2D eigenvalue weighted by atomic mass is 16.4.